The van der Waals surface area contributed by atoms with Gasteiger partial charge >= 0.3 is 0 Å². The number of amidine groups is 1. The lowest BCUT2D eigenvalue weighted by molar-refractivity contribution is -0.128. The van der Waals surface area contributed by atoms with Crippen LogP contribution in [0.1, 0.15) is 51.9 Å². The molecule has 0 aromatic carbocycles. The van der Waals surface area contributed by atoms with Crippen LogP contribution in [0.2, 0.25) is 0 Å². The van der Waals surface area contributed by atoms with E-state index in [9.17, 15) is 4.79 Å². The lowest BCUT2D eigenvalue weighted by atomic mass is 9.97. The summed E-state index contributed by atoms with van der Waals surface area (Å²) in [6.45, 7) is 1.77. The summed E-state index contributed by atoms with van der Waals surface area (Å²) in [4.78, 5) is 15.0. The van der Waals surface area contributed by atoms with Crippen molar-refractivity contribution in [1.82, 2.24) is 5.32 Å². The summed E-state index contributed by atoms with van der Waals surface area (Å²) in [7, 11) is 1.55. The minimum Gasteiger partial charge on any atom is -0.362 e. The van der Waals surface area contributed by atoms with Crippen LogP contribution in [0.4, 0.5) is 0 Å². The number of carbonyl (C=O) groups is 1. The number of hydrogen-bond acceptors (Lipinski definition) is 4. The molecule has 1 unspecified atom stereocenters. The Hall–Kier alpha value is -0.550. The molecule has 1 amide bonds. The molecule has 2 aliphatic rings. The number of ether oxygens (including phenoxy) is 1. The van der Waals surface area contributed by atoms with Gasteiger partial charge in [-0.2, -0.15) is 4.99 Å². The summed E-state index contributed by atoms with van der Waals surface area (Å²) >= 11 is 1.39. The molecule has 0 bridgehead atoms. The van der Waals surface area contributed by atoms with E-state index in [1.165, 1.54) is 56.7 Å². The molecule has 18 heavy (non-hydrogen) atoms. The van der Waals surface area contributed by atoms with E-state index in [0.717, 1.165) is 5.17 Å². The Morgan fingerprint density at radius 1 is 1.28 bits per heavy atom. The molecule has 1 fully saturated rings. The molecular formula is C13H22N2O2S. The second kappa shape index (κ2) is 6.06. The van der Waals surface area contributed by atoms with Gasteiger partial charge in [-0.05, 0) is 31.5 Å². The molecule has 0 spiro atoms. The Morgan fingerprint density at radius 2 is 1.89 bits per heavy atom. The Bertz CT molecular complexity index is 338. The van der Waals surface area contributed by atoms with Gasteiger partial charge in [-0.15, -0.1) is 0 Å². The number of hydrogen-bond donors (Lipinski definition) is 1. The average molecular weight is 270 g/mol. The Balaban J connectivity index is 1.89. The van der Waals surface area contributed by atoms with Crippen LogP contribution in [0.5, 0.6) is 0 Å². The number of nitrogens with zero attached hydrogens (tertiary/aromatic N) is 1. The highest BCUT2D eigenvalue weighted by Gasteiger charge is 2.41. The molecule has 1 saturated carbocycles. The van der Waals surface area contributed by atoms with Crippen molar-refractivity contribution in [2.24, 2.45) is 4.99 Å². The SMILES string of the molecule is COC1(C)SC(NC2CCCCCCC2)=NC1=O. The number of thioether (sulfide) groups is 1. The topological polar surface area (TPSA) is 50.7 Å². The van der Waals surface area contributed by atoms with Gasteiger partial charge in [-0.3, -0.25) is 4.79 Å². The quantitative estimate of drug-likeness (QED) is 0.838. The second-order valence-electron chi connectivity index (χ2n) is 5.16. The van der Waals surface area contributed by atoms with E-state index < -0.39 is 4.93 Å². The van der Waals surface area contributed by atoms with Crippen LogP contribution in [-0.4, -0.2) is 29.2 Å². The van der Waals surface area contributed by atoms with E-state index in [0.29, 0.717) is 6.04 Å². The Kier molecular flexibility index (Phi) is 4.67. The van der Waals surface area contributed by atoms with Crippen molar-refractivity contribution in [2.45, 2.75) is 62.8 Å². The summed E-state index contributed by atoms with van der Waals surface area (Å²) in [6.07, 6.45) is 8.91. The summed E-state index contributed by atoms with van der Waals surface area (Å²) < 4.78 is 5.23. The van der Waals surface area contributed by atoms with E-state index in [1.54, 1.807) is 14.0 Å². The van der Waals surface area contributed by atoms with Crippen molar-refractivity contribution in [3.05, 3.63) is 0 Å². The molecule has 102 valence electrons. The first-order valence-corrected chi connectivity index (χ1v) is 7.59. The van der Waals surface area contributed by atoms with Crippen molar-refractivity contribution in [1.29, 1.82) is 0 Å². The zero-order valence-electron chi connectivity index (χ0n) is 11.2. The average Bonchev–Trinajstić information content (AvgIpc) is 2.59. The third kappa shape index (κ3) is 3.26. The molecule has 1 heterocycles. The fourth-order valence-electron chi connectivity index (χ4n) is 2.41. The van der Waals surface area contributed by atoms with Gasteiger partial charge < -0.3 is 10.1 Å². The molecule has 1 atom stereocenters. The number of methoxy groups -OCH3 is 1. The van der Waals surface area contributed by atoms with Gasteiger partial charge in [0.15, 0.2) is 10.1 Å². The minimum atomic E-state index is -0.829. The lowest BCUT2D eigenvalue weighted by Crippen LogP contribution is -2.34. The third-order valence-electron chi connectivity index (χ3n) is 3.71. The highest BCUT2D eigenvalue weighted by molar-refractivity contribution is 8.16. The Morgan fingerprint density at radius 3 is 2.44 bits per heavy atom. The first kappa shape index (κ1) is 13.9. The van der Waals surface area contributed by atoms with Gasteiger partial charge in [-0.25, -0.2) is 0 Å². The normalized spacial score (nSPS) is 30.8. The van der Waals surface area contributed by atoms with Gasteiger partial charge in [0, 0.05) is 13.2 Å². The molecular weight excluding hydrogens is 248 g/mol. The van der Waals surface area contributed by atoms with Crippen molar-refractivity contribution in [3.63, 3.8) is 0 Å². The molecule has 0 radical (unpaired) electrons. The molecule has 0 aromatic heterocycles. The minimum absolute atomic E-state index is 0.191. The zero-order chi connectivity index (χ0) is 13.0. The fraction of sp³-hybridized carbons (Fsp3) is 0.846. The van der Waals surface area contributed by atoms with E-state index in [1.807, 2.05) is 0 Å². The number of rotatable bonds is 2. The molecule has 1 aliphatic heterocycles. The van der Waals surface area contributed by atoms with Gasteiger partial charge in [0.1, 0.15) is 0 Å². The molecule has 5 heteroatoms. The van der Waals surface area contributed by atoms with Crippen molar-refractivity contribution in [3.8, 4) is 0 Å². The van der Waals surface area contributed by atoms with Gasteiger partial charge in [0.2, 0.25) is 0 Å². The fourth-order valence-corrected chi connectivity index (χ4v) is 3.35. The maximum absolute atomic E-state index is 11.7. The number of carbonyl (C=O) groups excluding carboxylic acids is 1. The predicted molar refractivity (Wildman–Crippen MR) is 74.7 cm³/mol. The maximum Gasteiger partial charge on any atom is 0.290 e. The smallest absolute Gasteiger partial charge is 0.290 e. The molecule has 2 rings (SSSR count). The van der Waals surface area contributed by atoms with Gasteiger partial charge in [0.25, 0.3) is 5.91 Å². The van der Waals surface area contributed by atoms with Crippen LogP contribution in [-0.2, 0) is 9.53 Å². The van der Waals surface area contributed by atoms with E-state index in [4.69, 9.17) is 4.74 Å². The van der Waals surface area contributed by atoms with Crippen LogP contribution in [0.15, 0.2) is 4.99 Å². The molecule has 0 saturated heterocycles. The van der Waals surface area contributed by atoms with Crippen LogP contribution < -0.4 is 5.32 Å². The van der Waals surface area contributed by atoms with E-state index >= 15 is 0 Å². The summed E-state index contributed by atoms with van der Waals surface area (Å²) in [5, 5.41) is 4.15. The van der Waals surface area contributed by atoms with Crippen molar-refractivity contribution >= 4 is 22.8 Å². The monoisotopic (exact) mass is 270 g/mol. The van der Waals surface area contributed by atoms with E-state index in [2.05, 4.69) is 10.3 Å². The number of nitrogens with one attached hydrogen (secondary N) is 1. The molecule has 1 N–H and O–H groups in total. The molecule has 0 aromatic rings. The van der Waals surface area contributed by atoms with E-state index in [-0.39, 0.29) is 5.91 Å². The lowest BCUT2D eigenvalue weighted by Gasteiger charge is -2.23. The number of amides is 1. The largest absolute Gasteiger partial charge is 0.362 e. The van der Waals surface area contributed by atoms with Crippen LogP contribution >= 0.6 is 11.8 Å². The second-order valence-corrected chi connectivity index (χ2v) is 6.53. The third-order valence-corrected chi connectivity index (χ3v) is 4.84. The van der Waals surface area contributed by atoms with Crippen LogP contribution in [0.3, 0.4) is 0 Å². The van der Waals surface area contributed by atoms with Gasteiger partial charge in [-0.1, -0.05) is 32.1 Å². The van der Waals surface area contributed by atoms with Crippen LogP contribution in [0, 0.1) is 0 Å². The summed E-state index contributed by atoms with van der Waals surface area (Å²) in [6, 6.07) is 0.462. The summed E-state index contributed by atoms with van der Waals surface area (Å²) in [5.41, 5.74) is 0. The van der Waals surface area contributed by atoms with Crippen LogP contribution in [0.25, 0.3) is 0 Å². The molecule has 1 aliphatic carbocycles. The molecule has 4 nitrogen and oxygen atoms in total. The Labute approximate surface area is 113 Å². The first-order valence-electron chi connectivity index (χ1n) is 6.78. The number of aliphatic imine (C=N–C) groups is 1. The first-order chi connectivity index (χ1) is 8.64. The predicted octanol–water partition coefficient (Wildman–Crippen LogP) is 2.68. The standard InChI is InChI=1S/C13H22N2O2S/c1-13(17-2)11(16)15-12(18-13)14-10-8-6-4-3-5-7-9-10/h10H,3-9H2,1-2H3,(H,14,15,16). The van der Waals surface area contributed by atoms with Crippen molar-refractivity contribution < 1.29 is 9.53 Å². The van der Waals surface area contributed by atoms with Crippen molar-refractivity contribution in [2.75, 3.05) is 7.11 Å². The maximum atomic E-state index is 11.7. The summed E-state index contributed by atoms with van der Waals surface area (Å²) in [5.74, 6) is -0.191. The highest BCUT2D eigenvalue weighted by atomic mass is 32.2. The highest BCUT2D eigenvalue weighted by Crippen LogP contribution is 2.34. The zero-order valence-corrected chi connectivity index (χ0v) is 12.0. The van der Waals surface area contributed by atoms with Gasteiger partial charge in [0.05, 0.1) is 0 Å².